The number of anilines is 1. The molecule has 23 heavy (non-hydrogen) atoms. The van der Waals surface area contributed by atoms with E-state index >= 15 is 0 Å². The van der Waals surface area contributed by atoms with E-state index in [1.165, 1.54) is 13.4 Å². The van der Waals surface area contributed by atoms with Crippen LogP contribution in [-0.4, -0.2) is 34.5 Å². The summed E-state index contributed by atoms with van der Waals surface area (Å²) in [6.45, 7) is 4.27. The fourth-order valence-corrected chi connectivity index (χ4v) is 2.75. The first kappa shape index (κ1) is 15.1. The highest BCUT2D eigenvalue weighted by atomic mass is 16.5. The summed E-state index contributed by atoms with van der Waals surface area (Å²) in [6, 6.07) is 7.14. The number of allylic oxidation sites excluding steroid dienone is 1. The summed E-state index contributed by atoms with van der Waals surface area (Å²) in [5.41, 5.74) is 2.01. The molecule has 1 aromatic carbocycles. The molecule has 7 nitrogen and oxygen atoms in total. The summed E-state index contributed by atoms with van der Waals surface area (Å²) < 4.78 is 12.4. The van der Waals surface area contributed by atoms with Crippen molar-refractivity contribution in [3.05, 3.63) is 47.4 Å². The topological polar surface area (TPSA) is 78.3 Å². The van der Waals surface area contributed by atoms with E-state index in [9.17, 15) is 4.79 Å². The monoisotopic (exact) mass is 314 g/mol. The predicted octanol–water partition coefficient (Wildman–Crippen LogP) is 2.14. The molecule has 2 heterocycles. The molecule has 0 amide bonds. The van der Waals surface area contributed by atoms with Crippen molar-refractivity contribution in [2.24, 2.45) is 0 Å². The number of nitrogens with one attached hydrogen (secondary N) is 1. The zero-order valence-electron chi connectivity index (χ0n) is 13.2. The molecule has 1 N–H and O–H groups in total. The Labute approximate surface area is 133 Å². The van der Waals surface area contributed by atoms with Gasteiger partial charge in [-0.2, -0.15) is 10.1 Å². The van der Waals surface area contributed by atoms with Crippen LogP contribution in [0.3, 0.4) is 0 Å². The number of hydrogen-bond donors (Lipinski definition) is 1. The maximum absolute atomic E-state index is 12.3. The summed E-state index contributed by atoms with van der Waals surface area (Å²) in [5.74, 6) is 0.872. The Bertz CT molecular complexity index is 766. The van der Waals surface area contributed by atoms with Crippen molar-refractivity contribution >= 4 is 11.9 Å². The molecule has 0 unspecified atom stereocenters. The number of esters is 1. The maximum Gasteiger partial charge on any atom is 0.338 e. The van der Waals surface area contributed by atoms with Crippen LogP contribution in [0.5, 0.6) is 5.75 Å². The van der Waals surface area contributed by atoms with E-state index in [2.05, 4.69) is 15.4 Å². The van der Waals surface area contributed by atoms with Crippen LogP contribution < -0.4 is 10.1 Å². The van der Waals surface area contributed by atoms with E-state index < -0.39 is 12.0 Å². The van der Waals surface area contributed by atoms with Gasteiger partial charge in [-0.3, -0.25) is 0 Å². The molecule has 1 aliphatic heterocycles. The molecule has 0 radical (unpaired) electrons. The highest BCUT2D eigenvalue weighted by Gasteiger charge is 2.35. The Morgan fingerprint density at radius 2 is 2.17 bits per heavy atom. The molecule has 2 aromatic rings. The molecular weight excluding hydrogens is 296 g/mol. The number of carbonyl (C=O) groups is 1. The van der Waals surface area contributed by atoms with Crippen molar-refractivity contribution in [1.82, 2.24) is 14.8 Å². The Hall–Kier alpha value is -2.83. The highest BCUT2D eigenvalue weighted by Crippen LogP contribution is 2.38. The lowest BCUT2D eigenvalue weighted by Gasteiger charge is -2.28. The van der Waals surface area contributed by atoms with Gasteiger partial charge in [0.05, 0.1) is 19.3 Å². The van der Waals surface area contributed by atoms with Crippen molar-refractivity contribution < 1.29 is 14.3 Å². The van der Waals surface area contributed by atoms with E-state index in [1.807, 2.05) is 38.1 Å². The van der Waals surface area contributed by atoms with Gasteiger partial charge in [0.15, 0.2) is 0 Å². The number of rotatable bonds is 4. The van der Waals surface area contributed by atoms with Crippen LogP contribution in [0.4, 0.5) is 5.95 Å². The van der Waals surface area contributed by atoms with Crippen LogP contribution in [0.2, 0.25) is 0 Å². The largest absolute Gasteiger partial charge is 0.494 e. The lowest BCUT2D eigenvalue weighted by atomic mass is 9.95. The van der Waals surface area contributed by atoms with Crippen molar-refractivity contribution in [3.8, 4) is 5.75 Å². The molecule has 1 aliphatic rings. The summed E-state index contributed by atoms with van der Waals surface area (Å²) >= 11 is 0. The summed E-state index contributed by atoms with van der Waals surface area (Å²) in [7, 11) is 1.37. The number of benzene rings is 1. The number of methoxy groups -OCH3 is 1. The lowest BCUT2D eigenvalue weighted by Crippen LogP contribution is -2.29. The fourth-order valence-electron chi connectivity index (χ4n) is 2.75. The average Bonchev–Trinajstić information content (AvgIpc) is 3.01. The molecule has 0 saturated heterocycles. The molecule has 0 bridgehead atoms. The van der Waals surface area contributed by atoms with E-state index in [0.717, 1.165) is 5.56 Å². The minimum atomic E-state index is -0.455. The second-order valence-electron chi connectivity index (χ2n) is 5.06. The van der Waals surface area contributed by atoms with Crippen molar-refractivity contribution in [2.75, 3.05) is 19.0 Å². The fraction of sp³-hybridized carbons (Fsp3) is 0.312. The predicted molar refractivity (Wildman–Crippen MR) is 84.1 cm³/mol. The number of nitrogens with zero attached hydrogens (tertiary/aromatic N) is 3. The molecule has 7 heteroatoms. The summed E-state index contributed by atoms with van der Waals surface area (Å²) in [5, 5.41) is 7.35. The number of carbonyl (C=O) groups excluding carboxylic acids is 1. The number of aromatic nitrogens is 3. The van der Waals surface area contributed by atoms with Gasteiger partial charge in [0.2, 0.25) is 5.95 Å². The maximum atomic E-state index is 12.3. The zero-order chi connectivity index (χ0) is 16.4. The van der Waals surface area contributed by atoms with Gasteiger partial charge in [-0.1, -0.05) is 18.2 Å². The molecule has 1 aromatic heterocycles. The van der Waals surface area contributed by atoms with Crippen LogP contribution in [0, 0.1) is 0 Å². The normalized spacial score (nSPS) is 16.6. The van der Waals surface area contributed by atoms with Crippen molar-refractivity contribution in [2.45, 2.75) is 19.9 Å². The molecular formula is C16H18N4O3. The Morgan fingerprint density at radius 3 is 2.91 bits per heavy atom. The first-order valence-corrected chi connectivity index (χ1v) is 7.34. The minimum Gasteiger partial charge on any atom is -0.494 e. The second-order valence-corrected chi connectivity index (χ2v) is 5.06. The Kier molecular flexibility index (Phi) is 4.01. The average molecular weight is 314 g/mol. The van der Waals surface area contributed by atoms with Gasteiger partial charge < -0.3 is 14.8 Å². The third-order valence-electron chi connectivity index (χ3n) is 3.71. The van der Waals surface area contributed by atoms with E-state index in [0.29, 0.717) is 29.6 Å². The number of hydrogen-bond acceptors (Lipinski definition) is 6. The van der Waals surface area contributed by atoms with Crippen LogP contribution in [0.15, 0.2) is 41.9 Å². The smallest absolute Gasteiger partial charge is 0.338 e. The quantitative estimate of drug-likeness (QED) is 0.871. The van der Waals surface area contributed by atoms with Gasteiger partial charge in [0, 0.05) is 11.3 Å². The number of fused-ring (bicyclic) bond motifs is 1. The molecule has 0 saturated carbocycles. The standard InChI is InChI=1S/C16H18N4O3/c1-4-23-12-8-6-5-7-11(12)14-13(15(21)22-3)10(2)19-16-17-9-18-20(14)16/h5-9,14H,4H2,1-3H3,(H,17,18,19)/t14-/m0/s1. The lowest BCUT2D eigenvalue weighted by molar-refractivity contribution is -0.136. The first-order valence-electron chi connectivity index (χ1n) is 7.34. The van der Waals surface area contributed by atoms with Crippen molar-refractivity contribution in [3.63, 3.8) is 0 Å². The van der Waals surface area contributed by atoms with Crippen LogP contribution in [0.1, 0.15) is 25.5 Å². The van der Waals surface area contributed by atoms with E-state index in [1.54, 1.807) is 4.68 Å². The Balaban J connectivity index is 2.20. The van der Waals surface area contributed by atoms with Gasteiger partial charge in [0.1, 0.15) is 18.1 Å². The molecule has 0 aliphatic carbocycles. The summed E-state index contributed by atoms with van der Waals surface area (Å²) in [6.07, 6.45) is 1.45. The third-order valence-corrected chi connectivity index (χ3v) is 3.71. The van der Waals surface area contributed by atoms with E-state index in [4.69, 9.17) is 9.47 Å². The minimum absolute atomic E-state index is 0.410. The first-order chi connectivity index (χ1) is 11.2. The zero-order valence-corrected chi connectivity index (χ0v) is 13.2. The Morgan fingerprint density at radius 1 is 1.39 bits per heavy atom. The second kappa shape index (κ2) is 6.12. The SMILES string of the molecule is CCOc1ccccc1[C@H]1C(C(=O)OC)=C(C)Nc2ncnn21. The van der Waals surface area contributed by atoms with Gasteiger partial charge in [-0.25, -0.2) is 9.48 Å². The van der Waals surface area contributed by atoms with Gasteiger partial charge >= 0.3 is 5.97 Å². The molecule has 0 fully saturated rings. The number of para-hydroxylation sites is 1. The van der Waals surface area contributed by atoms with E-state index in [-0.39, 0.29) is 0 Å². The van der Waals surface area contributed by atoms with Gasteiger partial charge in [0.25, 0.3) is 0 Å². The number of ether oxygens (including phenoxy) is 2. The van der Waals surface area contributed by atoms with Gasteiger partial charge in [-0.05, 0) is 19.9 Å². The summed E-state index contributed by atoms with van der Waals surface area (Å²) in [4.78, 5) is 16.5. The van der Waals surface area contributed by atoms with Crippen LogP contribution in [0.25, 0.3) is 0 Å². The third kappa shape index (κ3) is 2.54. The molecule has 1 atom stereocenters. The highest BCUT2D eigenvalue weighted by molar-refractivity contribution is 5.92. The molecule has 3 rings (SSSR count). The van der Waals surface area contributed by atoms with Gasteiger partial charge in [-0.15, -0.1) is 0 Å². The molecule has 120 valence electrons. The van der Waals surface area contributed by atoms with Crippen LogP contribution >= 0.6 is 0 Å². The molecule has 0 spiro atoms. The van der Waals surface area contributed by atoms with Crippen LogP contribution in [-0.2, 0) is 9.53 Å². The van der Waals surface area contributed by atoms with Crippen molar-refractivity contribution in [1.29, 1.82) is 0 Å².